The molecule has 24 heavy (non-hydrogen) atoms. The van der Waals surface area contributed by atoms with Gasteiger partial charge in [-0.1, -0.05) is 12.1 Å². The van der Waals surface area contributed by atoms with Gasteiger partial charge >= 0.3 is 5.97 Å². The first-order valence-corrected chi connectivity index (χ1v) is 8.83. The summed E-state index contributed by atoms with van der Waals surface area (Å²) < 4.78 is 37.6. The monoisotopic (exact) mass is 378 g/mol. The van der Waals surface area contributed by atoms with Crippen LogP contribution in [0.5, 0.6) is 0 Å². The first-order valence-electron chi connectivity index (χ1n) is 7.35. The average Bonchev–Trinajstić information content (AvgIpc) is 3.02. The van der Waals surface area contributed by atoms with E-state index in [4.69, 9.17) is 4.74 Å². The lowest BCUT2D eigenvalue weighted by Crippen LogP contribution is -2.53. The van der Waals surface area contributed by atoms with E-state index in [2.05, 4.69) is 14.8 Å². The molecule has 7 nitrogen and oxygen atoms in total. The molecule has 1 aliphatic rings. The van der Waals surface area contributed by atoms with Gasteiger partial charge in [-0.3, -0.25) is 0 Å². The second kappa shape index (κ2) is 8.77. The minimum absolute atomic E-state index is 0. The van der Waals surface area contributed by atoms with E-state index in [-0.39, 0.29) is 29.4 Å². The predicted molar refractivity (Wildman–Crippen MR) is 92.1 cm³/mol. The highest BCUT2D eigenvalue weighted by atomic mass is 35.5. The summed E-state index contributed by atoms with van der Waals surface area (Å²) in [5.41, 5.74) is -0.398. The topological polar surface area (TPSA) is 93.7 Å². The van der Waals surface area contributed by atoms with Gasteiger partial charge in [-0.05, 0) is 31.5 Å². The third kappa shape index (κ3) is 4.67. The molecule has 136 valence electrons. The molecule has 1 aromatic carbocycles. The van der Waals surface area contributed by atoms with Crippen LogP contribution in [0.25, 0.3) is 0 Å². The Bertz CT molecular complexity index is 660. The molecule has 2 N–H and O–H groups in total. The molecular weight excluding hydrogens is 356 g/mol. The fourth-order valence-corrected chi connectivity index (χ4v) is 4.08. The summed E-state index contributed by atoms with van der Waals surface area (Å²) in [5, 5.41) is 3.30. The van der Waals surface area contributed by atoms with Gasteiger partial charge in [0.05, 0.1) is 29.7 Å². The van der Waals surface area contributed by atoms with E-state index in [1.54, 1.807) is 19.2 Å². The van der Waals surface area contributed by atoms with Crippen LogP contribution in [-0.4, -0.2) is 53.8 Å². The van der Waals surface area contributed by atoms with Crippen LogP contribution in [0, 0.1) is 0 Å². The lowest BCUT2D eigenvalue weighted by molar-refractivity contribution is 0.0596. The predicted octanol–water partition coefficient (Wildman–Crippen LogP) is 0.942. The van der Waals surface area contributed by atoms with Crippen molar-refractivity contribution in [1.82, 2.24) is 10.0 Å². The average molecular weight is 379 g/mol. The number of ether oxygens (including phenoxy) is 2. The molecule has 1 heterocycles. The maximum Gasteiger partial charge on any atom is 0.339 e. The number of carbonyl (C=O) groups excluding carboxylic acids is 1. The van der Waals surface area contributed by atoms with Gasteiger partial charge in [0.1, 0.15) is 0 Å². The number of carbonyl (C=O) groups is 1. The second-order valence-corrected chi connectivity index (χ2v) is 7.29. The zero-order valence-corrected chi connectivity index (χ0v) is 15.3. The molecule has 0 amide bonds. The molecule has 0 saturated carbocycles. The van der Waals surface area contributed by atoms with E-state index in [0.29, 0.717) is 6.61 Å². The number of halogens is 1. The van der Waals surface area contributed by atoms with Crippen molar-refractivity contribution in [1.29, 1.82) is 0 Å². The number of nitrogens with one attached hydrogen (secondary N) is 2. The van der Waals surface area contributed by atoms with E-state index >= 15 is 0 Å². The maximum absolute atomic E-state index is 12.6. The molecule has 0 bridgehead atoms. The highest BCUT2D eigenvalue weighted by molar-refractivity contribution is 7.89. The zero-order chi connectivity index (χ0) is 16.9. The van der Waals surface area contributed by atoms with Crippen LogP contribution in [0.1, 0.15) is 23.2 Å². The van der Waals surface area contributed by atoms with Crippen LogP contribution in [0.15, 0.2) is 29.2 Å². The molecule has 1 unspecified atom stereocenters. The first kappa shape index (κ1) is 20.9. The van der Waals surface area contributed by atoms with Crippen LogP contribution < -0.4 is 10.0 Å². The van der Waals surface area contributed by atoms with Crippen molar-refractivity contribution < 1.29 is 22.7 Å². The summed E-state index contributed by atoms with van der Waals surface area (Å²) >= 11 is 0. The van der Waals surface area contributed by atoms with Crippen molar-refractivity contribution in [3.63, 3.8) is 0 Å². The number of benzene rings is 1. The maximum atomic E-state index is 12.6. The Balaban J connectivity index is 0.00000288. The van der Waals surface area contributed by atoms with E-state index in [1.165, 1.54) is 19.2 Å². The number of hydrogen-bond donors (Lipinski definition) is 2. The fraction of sp³-hybridized carbons (Fsp3) is 0.533. The Morgan fingerprint density at radius 3 is 2.62 bits per heavy atom. The normalized spacial score (nSPS) is 20.4. The van der Waals surface area contributed by atoms with E-state index in [0.717, 1.165) is 19.4 Å². The summed E-state index contributed by atoms with van der Waals surface area (Å²) in [5.74, 6) is -0.684. The van der Waals surface area contributed by atoms with Gasteiger partial charge < -0.3 is 14.8 Å². The van der Waals surface area contributed by atoms with E-state index in [9.17, 15) is 13.2 Å². The highest BCUT2D eigenvalue weighted by Gasteiger charge is 2.35. The van der Waals surface area contributed by atoms with E-state index < -0.39 is 21.5 Å². The quantitative estimate of drug-likeness (QED) is 0.686. The Morgan fingerprint density at radius 2 is 2.04 bits per heavy atom. The van der Waals surface area contributed by atoms with Gasteiger partial charge in [0, 0.05) is 13.7 Å². The largest absolute Gasteiger partial charge is 0.465 e. The molecule has 0 spiro atoms. The minimum Gasteiger partial charge on any atom is -0.465 e. The minimum atomic E-state index is -3.84. The summed E-state index contributed by atoms with van der Waals surface area (Å²) in [6.07, 6.45) is 1.78. The molecule has 0 radical (unpaired) electrons. The Hall–Kier alpha value is -1.19. The molecule has 9 heteroatoms. The van der Waals surface area contributed by atoms with E-state index in [1.807, 2.05) is 0 Å². The summed E-state index contributed by atoms with van der Waals surface area (Å²) in [4.78, 5) is 11.7. The Morgan fingerprint density at radius 1 is 1.33 bits per heavy atom. The molecular formula is C15H23ClN2O5S. The van der Waals surface area contributed by atoms with Crippen molar-refractivity contribution >= 4 is 28.4 Å². The SMILES string of the molecule is COCC1(CNS(=O)(=O)c2ccccc2C(=O)OC)CCCN1.Cl. The highest BCUT2D eigenvalue weighted by Crippen LogP contribution is 2.21. The van der Waals surface area contributed by atoms with Crippen molar-refractivity contribution in [3.05, 3.63) is 29.8 Å². The van der Waals surface area contributed by atoms with Crippen molar-refractivity contribution in [3.8, 4) is 0 Å². The lowest BCUT2D eigenvalue weighted by atomic mass is 9.99. The number of hydrogen-bond acceptors (Lipinski definition) is 6. The number of rotatable bonds is 7. The number of sulfonamides is 1. The molecule has 0 aliphatic carbocycles. The molecule has 1 saturated heterocycles. The molecule has 1 aliphatic heterocycles. The summed E-state index contributed by atoms with van der Waals surface area (Å²) in [7, 11) is -1.03. The fourth-order valence-electron chi connectivity index (χ4n) is 2.76. The van der Waals surface area contributed by atoms with Crippen LogP contribution in [-0.2, 0) is 19.5 Å². The van der Waals surface area contributed by atoms with Gasteiger partial charge in [0.2, 0.25) is 10.0 Å². The van der Waals surface area contributed by atoms with Gasteiger partial charge in [0.25, 0.3) is 0 Å². The van der Waals surface area contributed by atoms with Crippen LogP contribution in [0.4, 0.5) is 0 Å². The van der Waals surface area contributed by atoms with Crippen LogP contribution in [0.3, 0.4) is 0 Å². The van der Waals surface area contributed by atoms with Gasteiger partial charge in [-0.25, -0.2) is 17.9 Å². The standard InChI is InChI=1S/C15H22N2O5S.ClH/c1-21-11-15(8-5-9-16-15)10-17-23(19,20)13-7-4-3-6-12(13)14(18)22-2;/h3-4,6-7,16-17H,5,8-11H2,1-2H3;1H. The third-order valence-corrected chi connectivity index (χ3v) is 5.39. The lowest BCUT2D eigenvalue weighted by Gasteiger charge is -2.29. The third-order valence-electron chi connectivity index (χ3n) is 3.94. The van der Waals surface area contributed by atoms with Gasteiger partial charge in [-0.15, -0.1) is 12.4 Å². The molecule has 1 aromatic rings. The Kier molecular flexibility index (Phi) is 7.62. The van der Waals surface area contributed by atoms with Crippen molar-refractivity contribution in [2.45, 2.75) is 23.3 Å². The zero-order valence-electron chi connectivity index (χ0n) is 13.7. The summed E-state index contributed by atoms with van der Waals surface area (Å²) in [6.45, 7) is 1.43. The molecule has 0 aromatic heterocycles. The van der Waals surface area contributed by atoms with Crippen LogP contribution >= 0.6 is 12.4 Å². The van der Waals surface area contributed by atoms with Crippen molar-refractivity contribution in [2.24, 2.45) is 0 Å². The molecule has 1 atom stereocenters. The smallest absolute Gasteiger partial charge is 0.339 e. The first-order chi connectivity index (χ1) is 10.9. The second-order valence-electron chi connectivity index (χ2n) is 5.56. The van der Waals surface area contributed by atoms with Gasteiger partial charge in [0.15, 0.2) is 0 Å². The Labute approximate surface area is 148 Å². The molecule has 2 rings (SSSR count). The van der Waals surface area contributed by atoms with Crippen LogP contribution in [0.2, 0.25) is 0 Å². The molecule has 1 fully saturated rings. The number of methoxy groups -OCH3 is 2. The van der Waals surface area contributed by atoms with Gasteiger partial charge in [-0.2, -0.15) is 0 Å². The van der Waals surface area contributed by atoms with Crippen molar-refractivity contribution in [2.75, 3.05) is 33.9 Å². The number of esters is 1. The summed E-state index contributed by atoms with van der Waals surface area (Å²) in [6, 6.07) is 5.98.